The molecular weight excluding hydrogens is 292 g/mol. The predicted octanol–water partition coefficient (Wildman–Crippen LogP) is 0.984. The van der Waals surface area contributed by atoms with Crippen LogP contribution in [0.3, 0.4) is 0 Å². The van der Waals surface area contributed by atoms with Crippen LogP contribution in [0.15, 0.2) is 29.2 Å². The number of nitrogens with one attached hydrogen (secondary N) is 1. The van der Waals surface area contributed by atoms with Crippen LogP contribution in [0, 0.1) is 0 Å². The summed E-state index contributed by atoms with van der Waals surface area (Å²) in [5.74, 6) is 0.364. The molecule has 116 valence electrons. The molecule has 1 fully saturated rings. The van der Waals surface area contributed by atoms with Crippen LogP contribution >= 0.6 is 0 Å². The number of ether oxygens (including phenoxy) is 1. The second kappa shape index (κ2) is 6.44. The van der Waals surface area contributed by atoms with Crippen LogP contribution in [0.4, 0.5) is 0 Å². The zero-order chi connectivity index (χ0) is 15.5. The van der Waals surface area contributed by atoms with Crippen molar-refractivity contribution in [2.24, 2.45) is 0 Å². The lowest BCUT2D eigenvalue weighted by Crippen LogP contribution is -2.45. The van der Waals surface area contributed by atoms with Crippen LogP contribution in [0.1, 0.15) is 19.8 Å². The van der Waals surface area contributed by atoms with Crippen LogP contribution in [0.2, 0.25) is 0 Å². The molecule has 7 heteroatoms. The van der Waals surface area contributed by atoms with Gasteiger partial charge in [-0.25, -0.2) is 8.42 Å². The lowest BCUT2D eigenvalue weighted by molar-refractivity contribution is -0.124. The van der Waals surface area contributed by atoms with E-state index in [1.165, 1.54) is 23.5 Å². The molecule has 1 atom stereocenters. The van der Waals surface area contributed by atoms with Crippen molar-refractivity contribution >= 4 is 15.9 Å². The summed E-state index contributed by atoms with van der Waals surface area (Å²) in [5.41, 5.74) is 0. The highest BCUT2D eigenvalue weighted by Gasteiger charge is 2.39. The van der Waals surface area contributed by atoms with Gasteiger partial charge in [0.2, 0.25) is 15.9 Å². The smallest absolute Gasteiger partial charge is 0.243 e. The second-order valence-electron chi connectivity index (χ2n) is 4.84. The molecule has 1 aromatic carbocycles. The molecule has 1 amide bonds. The Hall–Kier alpha value is -1.60. The summed E-state index contributed by atoms with van der Waals surface area (Å²) in [4.78, 5) is 12.2. The molecule has 0 radical (unpaired) electrons. The van der Waals surface area contributed by atoms with E-state index >= 15 is 0 Å². The molecule has 0 spiro atoms. The predicted molar refractivity (Wildman–Crippen MR) is 78.6 cm³/mol. The third-order valence-electron chi connectivity index (χ3n) is 3.52. The van der Waals surface area contributed by atoms with E-state index in [1.807, 2.05) is 6.92 Å². The molecule has 21 heavy (non-hydrogen) atoms. The molecule has 0 aliphatic carbocycles. The largest absolute Gasteiger partial charge is 0.497 e. The number of hydrogen-bond donors (Lipinski definition) is 1. The quantitative estimate of drug-likeness (QED) is 0.879. The Balaban J connectivity index is 2.26. The van der Waals surface area contributed by atoms with Gasteiger partial charge in [0.05, 0.1) is 12.0 Å². The van der Waals surface area contributed by atoms with E-state index in [0.717, 1.165) is 0 Å². The molecule has 2 rings (SSSR count). The standard InChI is InChI=1S/C14H20N2O4S/c1-3-15-14(17)13-5-4-10-16(13)21(18,19)12-8-6-11(20-2)7-9-12/h6-9,13H,3-5,10H2,1-2H3,(H,15,17)/t13-/m1/s1. The molecule has 0 bridgehead atoms. The normalized spacial score (nSPS) is 19.4. The Morgan fingerprint density at radius 1 is 1.38 bits per heavy atom. The maximum absolute atomic E-state index is 12.7. The molecule has 0 saturated carbocycles. The minimum atomic E-state index is -3.66. The van der Waals surface area contributed by atoms with Crippen molar-refractivity contribution in [1.82, 2.24) is 9.62 Å². The van der Waals surface area contributed by atoms with Gasteiger partial charge >= 0.3 is 0 Å². The Kier molecular flexibility index (Phi) is 4.84. The van der Waals surface area contributed by atoms with Crippen molar-refractivity contribution in [2.75, 3.05) is 20.2 Å². The number of hydrogen-bond acceptors (Lipinski definition) is 4. The van der Waals surface area contributed by atoms with Gasteiger partial charge in [0.15, 0.2) is 0 Å². The fourth-order valence-electron chi connectivity index (χ4n) is 2.46. The van der Waals surface area contributed by atoms with Gasteiger partial charge in [0.25, 0.3) is 0 Å². The molecule has 6 nitrogen and oxygen atoms in total. The summed E-state index contributed by atoms with van der Waals surface area (Å²) in [6.07, 6.45) is 1.25. The van der Waals surface area contributed by atoms with Gasteiger partial charge in [-0.15, -0.1) is 0 Å². The molecule has 1 heterocycles. The summed E-state index contributed by atoms with van der Waals surface area (Å²) in [7, 11) is -2.14. The maximum atomic E-state index is 12.7. The lowest BCUT2D eigenvalue weighted by Gasteiger charge is -2.23. The topological polar surface area (TPSA) is 75.7 Å². The van der Waals surface area contributed by atoms with Crippen LogP contribution < -0.4 is 10.1 Å². The molecule has 1 saturated heterocycles. The first kappa shape index (κ1) is 15.8. The van der Waals surface area contributed by atoms with Crippen molar-refractivity contribution in [2.45, 2.75) is 30.7 Å². The van der Waals surface area contributed by atoms with Crippen molar-refractivity contribution in [3.8, 4) is 5.75 Å². The van der Waals surface area contributed by atoms with Gasteiger partial charge < -0.3 is 10.1 Å². The third kappa shape index (κ3) is 3.19. The summed E-state index contributed by atoms with van der Waals surface area (Å²) in [5, 5.41) is 2.69. The number of rotatable bonds is 5. The summed E-state index contributed by atoms with van der Waals surface area (Å²) in [6.45, 7) is 2.68. The average Bonchev–Trinajstić information content (AvgIpc) is 2.98. The second-order valence-corrected chi connectivity index (χ2v) is 6.73. The number of nitrogens with zero attached hydrogens (tertiary/aromatic N) is 1. The summed E-state index contributed by atoms with van der Waals surface area (Å²) >= 11 is 0. The fourth-order valence-corrected chi connectivity index (χ4v) is 4.12. The van der Waals surface area contributed by atoms with Crippen molar-refractivity contribution in [3.63, 3.8) is 0 Å². The molecule has 1 aliphatic heterocycles. The first-order chi connectivity index (χ1) is 10.0. The van der Waals surface area contributed by atoms with Crippen LogP contribution in [0.25, 0.3) is 0 Å². The molecule has 1 aliphatic rings. The molecule has 0 aromatic heterocycles. The monoisotopic (exact) mass is 312 g/mol. The SMILES string of the molecule is CCNC(=O)[C@H]1CCCN1S(=O)(=O)c1ccc(OC)cc1. The Morgan fingerprint density at radius 2 is 2.05 bits per heavy atom. The van der Waals surface area contributed by atoms with E-state index in [1.54, 1.807) is 12.1 Å². The Labute approximate surface area is 125 Å². The molecule has 0 unspecified atom stereocenters. The highest BCUT2D eigenvalue weighted by molar-refractivity contribution is 7.89. The number of methoxy groups -OCH3 is 1. The first-order valence-electron chi connectivity index (χ1n) is 6.94. The van der Waals surface area contributed by atoms with E-state index in [0.29, 0.717) is 31.7 Å². The average molecular weight is 312 g/mol. The zero-order valence-electron chi connectivity index (χ0n) is 12.2. The van der Waals surface area contributed by atoms with E-state index in [4.69, 9.17) is 4.74 Å². The van der Waals surface area contributed by atoms with Crippen LogP contribution in [-0.2, 0) is 14.8 Å². The summed E-state index contributed by atoms with van der Waals surface area (Å²) in [6, 6.07) is 5.59. The maximum Gasteiger partial charge on any atom is 0.243 e. The lowest BCUT2D eigenvalue weighted by atomic mass is 10.2. The van der Waals surface area contributed by atoms with E-state index in [9.17, 15) is 13.2 Å². The van der Waals surface area contributed by atoms with Crippen molar-refractivity contribution in [3.05, 3.63) is 24.3 Å². The Morgan fingerprint density at radius 3 is 2.62 bits per heavy atom. The molecule has 1 aromatic rings. The number of carbonyl (C=O) groups excluding carboxylic acids is 1. The van der Waals surface area contributed by atoms with Gasteiger partial charge in [-0.2, -0.15) is 4.31 Å². The highest BCUT2D eigenvalue weighted by Crippen LogP contribution is 2.27. The summed E-state index contributed by atoms with van der Waals surface area (Å²) < 4.78 is 31.6. The molecule has 1 N–H and O–H groups in total. The van der Waals surface area contributed by atoms with Gasteiger partial charge in [0.1, 0.15) is 11.8 Å². The number of benzene rings is 1. The first-order valence-corrected chi connectivity index (χ1v) is 8.38. The van der Waals surface area contributed by atoms with Crippen molar-refractivity contribution in [1.29, 1.82) is 0 Å². The number of amides is 1. The third-order valence-corrected chi connectivity index (χ3v) is 5.45. The van der Waals surface area contributed by atoms with Gasteiger partial charge in [-0.1, -0.05) is 0 Å². The van der Waals surface area contributed by atoms with E-state index in [2.05, 4.69) is 5.32 Å². The van der Waals surface area contributed by atoms with Gasteiger partial charge in [0, 0.05) is 13.1 Å². The van der Waals surface area contributed by atoms with Gasteiger partial charge in [-0.05, 0) is 44.0 Å². The number of sulfonamides is 1. The fraction of sp³-hybridized carbons (Fsp3) is 0.500. The van der Waals surface area contributed by atoms with E-state index < -0.39 is 16.1 Å². The minimum Gasteiger partial charge on any atom is -0.497 e. The number of likely N-dealkylation sites (N-methyl/N-ethyl adjacent to an activating group) is 1. The number of carbonyl (C=O) groups is 1. The van der Waals surface area contributed by atoms with Crippen LogP contribution in [0.5, 0.6) is 5.75 Å². The van der Waals surface area contributed by atoms with E-state index in [-0.39, 0.29) is 10.8 Å². The minimum absolute atomic E-state index is 0.180. The van der Waals surface area contributed by atoms with Crippen molar-refractivity contribution < 1.29 is 17.9 Å². The van der Waals surface area contributed by atoms with Gasteiger partial charge in [-0.3, -0.25) is 4.79 Å². The highest BCUT2D eigenvalue weighted by atomic mass is 32.2. The zero-order valence-corrected chi connectivity index (χ0v) is 13.0. The Bertz CT molecular complexity index is 598. The van der Waals surface area contributed by atoms with Crippen LogP contribution in [-0.4, -0.2) is 44.9 Å². The molecular formula is C14H20N2O4S.